The molecule has 0 saturated carbocycles. The van der Waals surface area contributed by atoms with Crippen LogP contribution >= 0.6 is 10.7 Å². The van der Waals surface area contributed by atoms with Crippen LogP contribution < -0.4 is 5.32 Å². The van der Waals surface area contributed by atoms with Crippen LogP contribution in [-0.4, -0.2) is 13.4 Å². The fraction of sp³-hybridized carbons (Fsp3) is 0.0625. The van der Waals surface area contributed by atoms with Crippen molar-refractivity contribution in [2.75, 3.05) is 5.32 Å². The molecule has 0 atom stereocenters. The van der Waals surface area contributed by atoms with Gasteiger partial charge in [-0.25, -0.2) is 8.42 Å². The number of alkyl halides is 3. The van der Waals surface area contributed by atoms with E-state index in [-0.39, 0.29) is 10.4 Å². The van der Waals surface area contributed by atoms with Gasteiger partial charge < -0.3 is 5.32 Å². The molecule has 0 saturated heterocycles. The van der Waals surface area contributed by atoms with Gasteiger partial charge in [0.15, 0.2) is 0 Å². The topological polar surface area (TPSA) is 59.1 Å². The Kier molecular flexibility index (Phi) is 4.34. The maximum atomic E-state index is 12.8. The predicted molar refractivity (Wildman–Crippen MR) is 89.5 cm³/mol. The van der Waals surface area contributed by atoms with Crippen LogP contribution in [0.3, 0.4) is 0 Å². The lowest BCUT2D eigenvalue weighted by molar-refractivity contribution is -0.137. The molecule has 25 heavy (non-hydrogen) atoms. The van der Waals surface area contributed by atoms with Gasteiger partial charge in [-0.15, -0.1) is 0 Å². The first kappa shape index (κ1) is 17.5. The number of rotatable bonds is 3. The van der Waals surface area contributed by atoms with Crippen molar-refractivity contribution in [3.63, 3.8) is 0 Å². The van der Waals surface area contributed by atoms with Gasteiger partial charge in [-0.1, -0.05) is 6.07 Å². The van der Waals surface area contributed by atoms with E-state index in [1.807, 2.05) is 0 Å². The minimum Gasteiger partial charge on any atom is -0.355 e. The van der Waals surface area contributed by atoms with Crippen LogP contribution in [0.15, 0.2) is 59.6 Å². The second-order valence-corrected chi connectivity index (χ2v) is 7.74. The summed E-state index contributed by atoms with van der Waals surface area (Å²) in [6, 6.07) is 10.6. The van der Waals surface area contributed by atoms with Crippen molar-refractivity contribution >= 4 is 42.0 Å². The van der Waals surface area contributed by atoms with Crippen LogP contribution in [0.1, 0.15) is 5.56 Å². The normalized spacial score (nSPS) is 12.3. The molecular formula is C16H10ClF3N2O2S. The Morgan fingerprint density at radius 1 is 1.00 bits per heavy atom. The second kappa shape index (κ2) is 6.20. The lowest BCUT2D eigenvalue weighted by atomic mass is 10.1. The number of fused-ring (bicyclic) bond motifs is 1. The summed E-state index contributed by atoms with van der Waals surface area (Å²) in [4.78, 5) is 3.92. The fourth-order valence-corrected chi connectivity index (χ4v) is 3.06. The molecule has 0 aliphatic rings. The van der Waals surface area contributed by atoms with Gasteiger partial charge in [0.2, 0.25) is 0 Å². The molecule has 9 heteroatoms. The number of pyridine rings is 1. The summed E-state index contributed by atoms with van der Waals surface area (Å²) >= 11 is 0. The minimum atomic E-state index is -4.44. The molecule has 1 heterocycles. The molecule has 1 N–H and O–H groups in total. The molecule has 4 nitrogen and oxygen atoms in total. The average molecular weight is 387 g/mol. The van der Waals surface area contributed by atoms with Crippen LogP contribution in [0, 0.1) is 0 Å². The Hall–Kier alpha value is -2.32. The van der Waals surface area contributed by atoms with Gasteiger partial charge in [0.1, 0.15) is 0 Å². The lowest BCUT2D eigenvalue weighted by Gasteiger charge is -2.12. The van der Waals surface area contributed by atoms with Gasteiger partial charge in [-0.2, -0.15) is 13.2 Å². The molecule has 2 aromatic carbocycles. The third-order valence-corrected chi connectivity index (χ3v) is 4.85. The maximum Gasteiger partial charge on any atom is 0.416 e. The molecule has 3 rings (SSSR count). The highest BCUT2D eigenvalue weighted by Gasteiger charge is 2.30. The van der Waals surface area contributed by atoms with E-state index in [0.717, 1.165) is 12.1 Å². The summed E-state index contributed by atoms with van der Waals surface area (Å²) in [6.07, 6.45) is -3.05. The van der Waals surface area contributed by atoms with Crippen molar-refractivity contribution in [3.8, 4) is 0 Å². The third-order valence-electron chi connectivity index (χ3n) is 3.48. The van der Waals surface area contributed by atoms with Crippen LogP contribution in [-0.2, 0) is 15.2 Å². The smallest absolute Gasteiger partial charge is 0.355 e. The first-order valence-corrected chi connectivity index (χ1v) is 9.23. The largest absolute Gasteiger partial charge is 0.416 e. The molecule has 0 amide bonds. The fourth-order valence-electron chi connectivity index (χ4n) is 2.29. The van der Waals surface area contributed by atoms with Gasteiger partial charge in [0.05, 0.1) is 16.0 Å². The Labute approximate surface area is 145 Å². The Morgan fingerprint density at radius 3 is 2.28 bits per heavy atom. The van der Waals surface area contributed by atoms with Crippen LogP contribution in [0.4, 0.5) is 24.5 Å². The van der Waals surface area contributed by atoms with Crippen LogP contribution in [0.2, 0.25) is 0 Å². The van der Waals surface area contributed by atoms with Crippen molar-refractivity contribution in [3.05, 3.63) is 60.3 Å². The average Bonchev–Trinajstić information content (AvgIpc) is 2.53. The number of benzene rings is 2. The van der Waals surface area contributed by atoms with Crippen molar-refractivity contribution in [2.24, 2.45) is 0 Å². The van der Waals surface area contributed by atoms with E-state index in [9.17, 15) is 21.6 Å². The molecule has 0 unspecified atom stereocenters. The molecule has 0 radical (unpaired) electrons. The van der Waals surface area contributed by atoms with Crippen molar-refractivity contribution in [1.82, 2.24) is 4.98 Å². The number of aromatic nitrogens is 1. The van der Waals surface area contributed by atoms with Gasteiger partial charge >= 0.3 is 6.18 Å². The van der Waals surface area contributed by atoms with E-state index in [4.69, 9.17) is 10.7 Å². The molecular weight excluding hydrogens is 377 g/mol. The first-order chi connectivity index (χ1) is 11.6. The number of hydrogen-bond donors (Lipinski definition) is 1. The van der Waals surface area contributed by atoms with E-state index in [1.54, 1.807) is 6.07 Å². The highest BCUT2D eigenvalue weighted by atomic mass is 35.7. The minimum absolute atomic E-state index is 0.0471. The number of hydrogen-bond acceptors (Lipinski definition) is 4. The Bertz CT molecular complexity index is 1040. The molecule has 0 aliphatic heterocycles. The monoisotopic (exact) mass is 386 g/mol. The van der Waals surface area contributed by atoms with E-state index in [1.165, 1.54) is 36.5 Å². The molecule has 0 spiro atoms. The Balaban J connectivity index is 1.96. The summed E-state index contributed by atoms with van der Waals surface area (Å²) in [7, 11) is 1.43. The van der Waals surface area contributed by atoms with Crippen LogP contribution in [0.5, 0.6) is 0 Å². The first-order valence-electron chi connectivity index (χ1n) is 6.92. The van der Waals surface area contributed by atoms with Crippen molar-refractivity contribution in [1.29, 1.82) is 0 Å². The summed E-state index contributed by atoms with van der Waals surface area (Å²) in [5, 5.41) is 3.53. The summed E-state index contributed by atoms with van der Waals surface area (Å²) in [6.45, 7) is 0. The zero-order valence-electron chi connectivity index (χ0n) is 12.4. The highest BCUT2D eigenvalue weighted by molar-refractivity contribution is 8.13. The lowest BCUT2D eigenvalue weighted by Crippen LogP contribution is -2.04. The van der Waals surface area contributed by atoms with Gasteiger partial charge in [0.25, 0.3) is 9.05 Å². The number of anilines is 2. The second-order valence-electron chi connectivity index (χ2n) is 5.18. The van der Waals surface area contributed by atoms with E-state index < -0.39 is 20.8 Å². The third kappa shape index (κ3) is 3.85. The molecule has 0 bridgehead atoms. The quantitative estimate of drug-likeness (QED) is 0.649. The summed E-state index contributed by atoms with van der Waals surface area (Å²) < 4.78 is 60.9. The van der Waals surface area contributed by atoms with E-state index >= 15 is 0 Å². The van der Waals surface area contributed by atoms with Crippen LogP contribution in [0.25, 0.3) is 10.9 Å². The summed E-state index contributed by atoms with van der Waals surface area (Å²) in [5.41, 5.74) is 0.512. The molecule has 1 aromatic heterocycles. The molecule has 130 valence electrons. The Morgan fingerprint density at radius 2 is 1.68 bits per heavy atom. The molecule has 3 aromatic rings. The summed E-state index contributed by atoms with van der Waals surface area (Å²) in [5.74, 6) is 0. The molecule has 0 fully saturated rings. The zero-order valence-corrected chi connectivity index (χ0v) is 14.0. The van der Waals surface area contributed by atoms with E-state index in [2.05, 4.69) is 10.3 Å². The van der Waals surface area contributed by atoms with Crippen molar-refractivity contribution in [2.45, 2.75) is 11.1 Å². The van der Waals surface area contributed by atoms with Gasteiger partial charge in [0, 0.05) is 33.6 Å². The standard InChI is InChI=1S/C16H10ClF3N2O2S/c17-25(23,24)12-4-2-11(3-5-12)22-14-7-8-21-15-9-10(16(18,19)20)1-6-13(14)15/h1-9H,(H,21,22). The maximum absolute atomic E-state index is 12.8. The van der Waals surface area contributed by atoms with E-state index in [0.29, 0.717) is 16.8 Å². The van der Waals surface area contributed by atoms with Gasteiger partial charge in [-0.05, 0) is 42.5 Å². The SMILES string of the molecule is O=S(=O)(Cl)c1ccc(Nc2ccnc3cc(C(F)(F)F)ccc23)cc1. The number of nitrogens with one attached hydrogen (secondary N) is 1. The van der Waals surface area contributed by atoms with Crippen molar-refractivity contribution < 1.29 is 21.6 Å². The number of halogens is 4. The zero-order chi connectivity index (χ0) is 18.2. The highest BCUT2D eigenvalue weighted by Crippen LogP contribution is 2.33. The predicted octanol–water partition coefficient (Wildman–Crippen LogP) is 4.92. The van der Waals surface area contributed by atoms with Gasteiger partial charge in [-0.3, -0.25) is 4.98 Å². The molecule has 0 aliphatic carbocycles. The number of nitrogens with zero attached hydrogens (tertiary/aromatic N) is 1.